The van der Waals surface area contributed by atoms with E-state index in [0.717, 1.165) is 16.9 Å². The standard InChI is InChI=1S/C13H19N3/c1-9(14)10-5-6-16-11(7-10)8-15-12(16)13(2,3)4/h5-9H,14H2,1-4H3. The van der Waals surface area contributed by atoms with Crippen LogP contribution in [0.15, 0.2) is 24.5 Å². The molecule has 0 aliphatic carbocycles. The van der Waals surface area contributed by atoms with Gasteiger partial charge in [-0.2, -0.15) is 0 Å². The van der Waals surface area contributed by atoms with E-state index in [0.29, 0.717) is 0 Å². The maximum Gasteiger partial charge on any atom is 0.118 e. The summed E-state index contributed by atoms with van der Waals surface area (Å²) in [6.07, 6.45) is 3.97. The molecule has 0 saturated carbocycles. The van der Waals surface area contributed by atoms with Gasteiger partial charge in [-0.1, -0.05) is 20.8 Å². The Morgan fingerprint density at radius 3 is 2.62 bits per heavy atom. The molecule has 0 fully saturated rings. The zero-order chi connectivity index (χ0) is 11.9. The van der Waals surface area contributed by atoms with Gasteiger partial charge in [0.1, 0.15) is 5.82 Å². The first-order chi connectivity index (χ1) is 7.39. The molecule has 0 spiro atoms. The molecule has 0 radical (unpaired) electrons. The van der Waals surface area contributed by atoms with Gasteiger partial charge in [-0.15, -0.1) is 0 Å². The molecule has 2 heterocycles. The molecule has 2 aromatic rings. The topological polar surface area (TPSA) is 43.3 Å². The third-order valence-electron chi connectivity index (χ3n) is 2.75. The Kier molecular flexibility index (Phi) is 2.50. The van der Waals surface area contributed by atoms with Crippen molar-refractivity contribution in [2.75, 3.05) is 0 Å². The van der Waals surface area contributed by atoms with Crippen LogP contribution in [0.25, 0.3) is 5.52 Å². The van der Waals surface area contributed by atoms with Crippen LogP contribution in [-0.4, -0.2) is 9.38 Å². The summed E-state index contributed by atoms with van der Waals surface area (Å²) in [5.41, 5.74) is 8.18. The normalized spacial score (nSPS) is 14.3. The summed E-state index contributed by atoms with van der Waals surface area (Å²) >= 11 is 0. The minimum atomic E-state index is 0.0578. The third kappa shape index (κ3) is 1.83. The Morgan fingerprint density at radius 2 is 2.06 bits per heavy atom. The number of pyridine rings is 1. The summed E-state index contributed by atoms with van der Waals surface area (Å²) in [4.78, 5) is 4.49. The third-order valence-corrected chi connectivity index (χ3v) is 2.75. The first-order valence-corrected chi connectivity index (χ1v) is 5.62. The van der Waals surface area contributed by atoms with Crippen LogP contribution in [0.4, 0.5) is 0 Å². The van der Waals surface area contributed by atoms with Gasteiger partial charge in [-0.3, -0.25) is 0 Å². The molecule has 0 saturated heterocycles. The molecule has 0 aliphatic heterocycles. The maximum absolute atomic E-state index is 5.87. The zero-order valence-corrected chi connectivity index (χ0v) is 10.4. The number of imidazole rings is 1. The van der Waals surface area contributed by atoms with Crippen molar-refractivity contribution in [2.45, 2.75) is 39.2 Å². The van der Waals surface area contributed by atoms with Crippen molar-refractivity contribution in [2.24, 2.45) is 5.73 Å². The molecule has 2 rings (SSSR count). The number of hydrogen-bond acceptors (Lipinski definition) is 2. The van der Waals surface area contributed by atoms with Crippen molar-refractivity contribution in [3.05, 3.63) is 35.9 Å². The predicted octanol–water partition coefficient (Wildman–Crippen LogP) is 2.65. The Hall–Kier alpha value is -1.35. The summed E-state index contributed by atoms with van der Waals surface area (Å²) < 4.78 is 2.13. The monoisotopic (exact) mass is 217 g/mol. The smallest absolute Gasteiger partial charge is 0.118 e. The largest absolute Gasteiger partial charge is 0.324 e. The molecule has 0 bridgehead atoms. The van der Waals surface area contributed by atoms with Crippen LogP contribution < -0.4 is 5.73 Å². The van der Waals surface area contributed by atoms with Crippen LogP contribution in [0.3, 0.4) is 0 Å². The summed E-state index contributed by atoms with van der Waals surface area (Å²) in [5.74, 6) is 1.08. The molecule has 0 amide bonds. The van der Waals surface area contributed by atoms with Crippen molar-refractivity contribution in [3.8, 4) is 0 Å². The van der Waals surface area contributed by atoms with E-state index in [1.54, 1.807) is 0 Å². The molecular weight excluding hydrogens is 198 g/mol. The first-order valence-electron chi connectivity index (χ1n) is 5.62. The molecule has 3 heteroatoms. The lowest BCUT2D eigenvalue weighted by Crippen LogP contribution is -2.16. The van der Waals surface area contributed by atoms with Crippen molar-refractivity contribution < 1.29 is 0 Å². The van der Waals surface area contributed by atoms with Crippen molar-refractivity contribution >= 4 is 5.52 Å². The zero-order valence-electron chi connectivity index (χ0n) is 10.4. The van der Waals surface area contributed by atoms with E-state index in [9.17, 15) is 0 Å². The molecular formula is C13H19N3. The fraction of sp³-hybridized carbons (Fsp3) is 0.462. The number of aromatic nitrogens is 2. The lowest BCUT2D eigenvalue weighted by molar-refractivity contribution is 0.543. The molecule has 86 valence electrons. The number of nitrogens with two attached hydrogens (primary N) is 1. The Morgan fingerprint density at radius 1 is 1.38 bits per heavy atom. The van der Waals surface area contributed by atoms with E-state index < -0.39 is 0 Å². The van der Waals surface area contributed by atoms with Gasteiger partial charge < -0.3 is 10.1 Å². The van der Waals surface area contributed by atoms with Crippen LogP contribution in [0.2, 0.25) is 0 Å². The van der Waals surface area contributed by atoms with Gasteiger partial charge in [0.25, 0.3) is 0 Å². The SMILES string of the molecule is CC(N)c1ccn2c(C(C)(C)C)ncc2c1. The van der Waals surface area contributed by atoms with Gasteiger partial charge in [0.2, 0.25) is 0 Å². The van der Waals surface area contributed by atoms with Crippen LogP contribution in [0.1, 0.15) is 45.1 Å². The van der Waals surface area contributed by atoms with E-state index in [1.807, 2.05) is 13.1 Å². The van der Waals surface area contributed by atoms with Crippen molar-refractivity contribution in [1.29, 1.82) is 0 Å². The van der Waals surface area contributed by atoms with Gasteiger partial charge in [-0.25, -0.2) is 4.98 Å². The quantitative estimate of drug-likeness (QED) is 0.798. The highest BCUT2D eigenvalue weighted by Gasteiger charge is 2.19. The minimum Gasteiger partial charge on any atom is -0.324 e. The Labute approximate surface area is 96.3 Å². The molecule has 3 nitrogen and oxygen atoms in total. The average Bonchev–Trinajstić information content (AvgIpc) is 2.58. The lowest BCUT2D eigenvalue weighted by atomic mass is 9.96. The fourth-order valence-corrected chi connectivity index (χ4v) is 1.86. The van der Waals surface area contributed by atoms with Gasteiger partial charge >= 0.3 is 0 Å². The predicted molar refractivity (Wildman–Crippen MR) is 66.5 cm³/mol. The number of rotatable bonds is 1. The average molecular weight is 217 g/mol. The highest BCUT2D eigenvalue weighted by Crippen LogP contribution is 2.23. The van der Waals surface area contributed by atoms with Gasteiger partial charge in [-0.05, 0) is 24.6 Å². The summed E-state index contributed by atoms with van der Waals surface area (Å²) in [7, 11) is 0. The number of hydrogen-bond donors (Lipinski definition) is 1. The van der Waals surface area contributed by atoms with Crippen molar-refractivity contribution in [1.82, 2.24) is 9.38 Å². The van der Waals surface area contributed by atoms with Gasteiger partial charge in [0.05, 0.1) is 11.7 Å². The molecule has 1 unspecified atom stereocenters. The van der Waals surface area contributed by atoms with E-state index in [-0.39, 0.29) is 11.5 Å². The highest BCUT2D eigenvalue weighted by molar-refractivity contribution is 5.49. The van der Waals surface area contributed by atoms with E-state index in [1.165, 1.54) is 0 Å². The van der Waals surface area contributed by atoms with Gasteiger partial charge in [0.15, 0.2) is 0 Å². The number of fused-ring (bicyclic) bond motifs is 1. The Balaban J connectivity index is 2.59. The number of nitrogens with zero attached hydrogens (tertiary/aromatic N) is 2. The van der Waals surface area contributed by atoms with Crippen LogP contribution in [-0.2, 0) is 5.41 Å². The second-order valence-corrected chi connectivity index (χ2v) is 5.38. The highest BCUT2D eigenvalue weighted by atomic mass is 15.0. The molecule has 0 aromatic carbocycles. The summed E-state index contributed by atoms with van der Waals surface area (Å²) in [6, 6.07) is 4.24. The Bertz CT molecular complexity index is 503. The fourth-order valence-electron chi connectivity index (χ4n) is 1.86. The second-order valence-electron chi connectivity index (χ2n) is 5.38. The molecule has 16 heavy (non-hydrogen) atoms. The van der Waals surface area contributed by atoms with E-state index >= 15 is 0 Å². The molecule has 2 N–H and O–H groups in total. The minimum absolute atomic E-state index is 0.0578. The van der Waals surface area contributed by atoms with Crippen molar-refractivity contribution in [3.63, 3.8) is 0 Å². The van der Waals surface area contributed by atoms with E-state index in [4.69, 9.17) is 5.73 Å². The first kappa shape index (κ1) is 11.1. The van der Waals surface area contributed by atoms with E-state index in [2.05, 4.69) is 48.5 Å². The molecule has 2 aromatic heterocycles. The van der Waals surface area contributed by atoms with Crippen LogP contribution >= 0.6 is 0 Å². The second kappa shape index (κ2) is 3.59. The van der Waals surface area contributed by atoms with Gasteiger partial charge in [0, 0.05) is 17.7 Å². The lowest BCUT2D eigenvalue weighted by Gasteiger charge is -2.17. The summed E-state index contributed by atoms with van der Waals surface area (Å²) in [6.45, 7) is 8.50. The maximum atomic E-state index is 5.87. The molecule has 1 atom stereocenters. The molecule has 0 aliphatic rings. The summed E-state index contributed by atoms with van der Waals surface area (Å²) in [5, 5.41) is 0. The van der Waals surface area contributed by atoms with Crippen LogP contribution in [0, 0.1) is 0 Å². The van der Waals surface area contributed by atoms with Crippen LogP contribution in [0.5, 0.6) is 0 Å².